The Hall–Kier alpha value is -2.46. The maximum atomic E-state index is 12.9. The summed E-state index contributed by atoms with van der Waals surface area (Å²) in [7, 11) is 2.12. The number of likely N-dealkylation sites (N-methyl/N-ethyl adjacent to an activating group) is 1. The van der Waals surface area contributed by atoms with Crippen molar-refractivity contribution in [3.8, 4) is 10.4 Å². The minimum Gasteiger partial charge on any atom is -0.411 e. The largest absolute Gasteiger partial charge is 0.411 e. The quantitative estimate of drug-likeness (QED) is 0.595. The van der Waals surface area contributed by atoms with Gasteiger partial charge in [-0.05, 0) is 37.1 Å². The molecule has 9 heteroatoms. The molecule has 0 saturated carbocycles. The number of nitrogens with one attached hydrogen (secondary N) is 2. The Morgan fingerprint density at radius 2 is 2.34 bits per heavy atom. The maximum Gasteiger partial charge on any atom is 0.265 e. The molecule has 0 saturated heterocycles. The second-order valence-electron chi connectivity index (χ2n) is 7.35. The van der Waals surface area contributed by atoms with E-state index in [2.05, 4.69) is 34.2 Å². The predicted octanol–water partition coefficient (Wildman–Crippen LogP) is 3.09. The van der Waals surface area contributed by atoms with E-state index in [-0.39, 0.29) is 12.1 Å². The molecule has 29 heavy (non-hydrogen) atoms. The molecule has 2 aliphatic heterocycles. The molecule has 3 aromatic rings. The van der Waals surface area contributed by atoms with Gasteiger partial charge in [0.1, 0.15) is 21.6 Å². The molecule has 7 nitrogen and oxygen atoms in total. The molecule has 0 aromatic carbocycles. The number of nitrogens with zero attached hydrogens (tertiary/aromatic N) is 2. The van der Waals surface area contributed by atoms with Gasteiger partial charge in [-0.2, -0.15) is 0 Å². The summed E-state index contributed by atoms with van der Waals surface area (Å²) in [6.45, 7) is 3.63. The monoisotopic (exact) mass is 427 g/mol. The van der Waals surface area contributed by atoms with E-state index in [1.165, 1.54) is 16.9 Å². The first-order chi connectivity index (χ1) is 14.0. The fourth-order valence-corrected chi connectivity index (χ4v) is 5.69. The fourth-order valence-electron chi connectivity index (χ4n) is 3.86. The first kappa shape index (κ1) is 18.6. The Labute approximate surface area is 176 Å². The van der Waals surface area contributed by atoms with Crippen LogP contribution in [0.4, 0.5) is 5.69 Å². The number of hydrogen-bond donors (Lipinski definition) is 3. The van der Waals surface area contributed by atoms with Crippen molar-refractivity contribution in [1.29, 1.82) is 0 Å². The van der Waals surface area contributed by atoms with E-state index in [1.54, 1.807) is 11.3 Å². The van der Waals surface area contributed by atoms with Crippen LogP contribution in [0, 0.1) is 0 Å². The third-order valence-electron chi connectivity index (χ3n) is 5.23. The van der Waals surface area contributed by atoms with E-state index >= 15 is 0 Å². The maximum absolute atomic E-state index is 12.9. The lowest BCUT2D eigenvalue weighted by Gasteiger charge is -2.26. The Morgan fingerprint density at radius 3 is 3.07 bits per heavy atom. The number of amides is 1. The molecule has 5 heterocycles. The lowest BCUT2D eigenvalue weighted by Crippen LogP contribution is -2.40. The molecule has 0 fully saturated rings. The van der Waals surface area contributed by atoms with Crippen LogP contribution in [0.2, 0.25) is 0 Å². The summed E-state index contributed by atoms with van der Waals surface area (Å²) in [6, 6.07) is 4.15. The van der Waals surface area contributed by atoms with Crippen molar-refractivity contribution >= 4 is 44.5 Å². The van der Waals surface area contributed by atoms with Gasteiger partial charge in [0.15, 0.2) is 0 Å². The van der Waals surface area contributed by atoms with Crippen molar-refractivity contribution in [2.75, 3.05) is 19.3 Å². The fraction of sp³-hybridized carbons (Fsp3) is 0.300. The topological polar surface area (TPSA) is 92.5 Å². The molecule has 150 valence electrons. The van der Waals surface area contributed by atoms with Crippen LogP contribution < -0.4 is 16.5 Å². The van der Waals surface area contributed by atoms with E-state index < -0.39 is 0 Å². The average Bonchev–Trinajstić information content (AvgIpc) is 3.42. The number of nitrogen functional groups attached to an aromatic ring is 1. The van der Waals surface area contributed by atoms with Crippen LogP contribution in [0.3, 0.4) is 0 Å². The Morgan fingerprint density at radius 1 is 1.48 bits per heavy atom. The second kappa shape index (κ2) is 7.10. The number of anilines is 1. The highest BCUT2D eigenvalue weighted by Crippen LogP contribution is 2.44. The van der Waals surface area contributed by atoms with Crippen molar-refractivity contribution in [1.82, 2.24) is 20.7 Å². The molecule has 5 rings (SSSR count). The smallest absolute Gasteiger partial charge is 0.265 e. The van der Waals surface area contributed by atoms with Crippen molar-refractivity contribution in [3.63, 3.8) is 0 Å². The van der Waals surface area contributed by atoms with Crippen molar-refractivity contribution in [2.24, 2.45) is 0 Å². The number of hydroxylamine groups is 1. The number of aromatic nitrogens is 1. The van der Waals surface area contributed by atoms with Gasteiger partial charge in [-0.15, -0.1) is 28.2 Å². The zero-order chi connectivity index (χ0) is 20.1. The number of pyridine rings is 1. The molecule has 1 amide bonds. The van der Waals surface area contributed by atoms with E-state index in [0.29, 0.717) is 10.6 Å². The average molecular weight is 428 g/mol. The van der Waals surface area contributed by atoms with Crippen LogP contribution in [0.25, 0.3) is 20.7 Å². The minimum atomic E-state index is -0.376. The predicted molar refractivity (Wildman–Crippen MR) is 117 cm³/mol. The van der Waals surface area contributed by atoms with Gasteiger partial charge in [0.05, 0.1) is 5.69 Å². The van der Waals surface area contributed by atoms with Crippen LogP contribution in [-0.2, 0) is 17.8 Å². The first-order valence-corrected chi connectivity index (χ1v) is 11.1. The molecule has 0 aliphatic carbocycles. The molecule has 4 N–H and O–H groups in total. The zero-order valence-corrected chi connectivity index (χ0v) is 17.7. The van der Waals surface area contributed by atoms with Crippen LogP contribution in [0.5, 0.6) is 0 Å². The summed E-state index contributed by atoms with van der Waals surface area (Å²) >= 11 is 3.04. The standard InChI is InChI=1S/C20H21N5O2S2/c1-10-8-14(24-27-10)23-19(26)18-17(21)16-15(13-4-3-7-28-13)11-9-25(2)6-5-12(11)22-20(16)29-18/h3-4,7-8,14,24H,5-6,9,21H2,1-2H3,(H,23,26). The summed E-state index contributed by atoms with van der Waals surface area (Å²) in [4.78, 5) is 27.8. The highest BCUT2D eigenvalue weighted by atomic mass is 32.1. The van der Waals surface area contributed by atoms with Crippen LogP contribution >= 0.6 is 22.7 Å². The molecular weight excluding hydrogens is 406 g/mol. The summed E-state index contributed by atoms with van der Waals surface area (Å²) in [5.74, 6) is 0.489. The number of carbonyl (C=O) groups is 1. The minimum absolute atomic E-state index is 0.232. The van der Waals surface area contributed by atoms with Gasteiger partial charge in [-0.1, -0.05) is 6.07 Å². The van der Waals surface area contributed by atoms with Gasteiger partial charge in [0, 0.05) is 41.0 Å². The molecule has 1 unspecified atom stereocenters. The highest BCUT2D eigenvalue weighted by molar-refractivity contribution is 7.21. The lowest BCUT2D eigenvalue weighted by molar-refractivity contribution is 0.0832. The van der Waals surface area contributed by atoms with Gasteiger partial charge in [0.2, 0.25) is 0 Å². The van der Waals surface area contributed by atoms with Crippen LogP contribution in [-0.4, -0.2) is 35.5 Å². The number of nitrogens with two attached hydrogens (primary N) is 1. The molecule has 1 atom stereocenters. The summed E-state index contributed by atoms with van der Waals surface area (Å²) < 4.78 is 0. The molecule has 3 aromatic heterocycles. The Balaban J connectivity index is 1.65. The van der Waals surface area contributed by atoms with E-state index in [0.717, 1.165) is 51.6 Å². The Bertz CT molecular complexity index is 1140. The van der Waals surface area contributed by atoms with Gasteiger partial charge in [0.25, 0.3) is 5.91 Å². The molecular formula is C20H21N5O2S2. The number of carbonyl (C=O) groups excluding carboxylic acids is 1. The van der Waals surface area contributed by atoms with Gasteiger partial charge < -0.3 is 20.8 Å². The first-order valence-electron chi connectivity index (χ1n) is 9.39. The van der Waals surface area contributed by atoms with Crippen molar-refractivity contribution in [2.45, 2.75) is 26.1 Å². The van der Waals surface area contributed by atoms with Crippen molar-refractivity contribution in [3.05, 3.63) is 45.5 Å². The Kier molecular flexibility index (Phi) is 4.54. The van der Waals surface area contributed by atoms with Gasteiger partial charge >= 0.3 is 0 Å². The van der Waals surface area contributed by atoms with Gasteiger partial charge in [-0.25, -0.2) is 4.98 Å². The SMILES string of the molecule is CC1=CC(NC(=O)c2sc3nc4c(c(-c5cccs5)c3c2N)CN(C)CC4)NO1. The van der Waals surface area contributed by atoms with Crippen molar-refractivity contribution < 1.29 is 9.63 Å². The summed E-state index contributed by atoms with van der Waals surface area (Å²) in [5.41, 5.74) is 13.3. The second-order valence-corrected chi connectivity index (χ2v) is 9.30. The molecule has 0 bridgehead atoms. The van der Waals surface area contributed by atoms with Gasteiger partial charge in [-0.3, -0.25) is 4.79 Å². The number of rotatable bonds is 3. The van der Waals surface area contributed by atoms with Crippen LogP contribution in [0.15, 0.2) is 29.3 Å². The third-order valence-corrected chi connectivity index (χ3v) is 7.22. The van der Waals surface area contributed by atoms with E-state index in [1.807, 2.05) is 19.1 Å². The normalized spacial score (nSPS) is 19.1. The third kappa shape index (κ3) is 3.20. The van der Waals surface area contributed by atoms with Crippen LogP contribution in [0.1, 0.15) is 27.9 Å². The molecule has 0 radical (unpaired) electrons. The number of hydrogen-bond acceptors (Lipinski definition) is 8. The number of fused-ring (bicyclic) bond motifs is 2. The molecule has 0 spiro atoms. The zero-order valence-electron chi connectivity index (χ0n) is 16.1. The number of allylic oxidation sites excluding steroid dienone is 1. The number of thiophene rings is 2. The summed E-state index contributed by atoms with van der Waals surface area (Å²) in [5, 5.41) is 5.86. The molecule has 2 aliphatic rings. The summed E-state index contributed by atoms with van der Waals surface area (Å²) in [6.07, 6.45) is 2.33. The highest BCUT2D eigenvalue weighted by Gasteiger charge is 2.28. The van der Waals surface area contributed by atoms with E-state index in [9.17, 15) is 4.79 Å². The van der Waals surface area contributed by atoms with E-state index in [4.69, 9.17) is 15.6 Å². The lowest BCUT2D eigenvalue weighted by atomic mass is 9.96.